The van der Waals surface area contributed by atoms with E-state index in [4.69, 9.17) is 0 Å². The first-order chi connectivity index (χ1) is 10.6. The van der Waals surface area contributed by atoms with Crippen LogP contribution in [0.15, 0.2) is 34.8 Å². The Morgan fingerprint density at radius 3 is 2.04 bits per heavy atom. The van der Waals surface area contributed by atoms with Gasteiger partial charge in [0.1, 0.15) is 0 Å². The number of rotatable bonds is 2. The van der Waals surface area contributed by atoms with E-state index in [1.807, 2.05) is 39.0 Å². The number of hydrogen-bond acceptors (Lipinski definition) is 1. The fourth-order valence-electron chi connectivity index (χ4n) is 2.81. The molecule has 2 rings (SSSR count). The van der Waals surface area contributed by atoms with Gasteiger partial charge in [-0.25, -0.2) is 0 Å². The van der Waals surface area contributed by atoms with Crippen molar-refractivity contribution in [3.63, 3.8) is 0 Å². The van der Waals surface area contributed by atoms with Gasteiger partial charge < -0.3 is 5.32 Å². The van der Waals surface area contributed by atoms with Gasteiger partial charge in [-0.3, -0.25) is 4.79 Å². The third-order valence-corrected chi connectivity index (χ3v) is 4.64. The van der Waals surface area contributed by atoms with Crippen LogP contribution in [0.3, 0.4) is 0 Å². The van der Waals surface area contributed by atoms with Crippen LogP contribution in [0.1, 0.15) is 53.4 Å². The highest BCUT2D eigenvalue weighted by atomic mass is 79.9. The van der Waals surface area contributed by atoms with Gasteiger partial charge in [-0.05, 0) is 70.9 Å². The van der Waals surface area contributed by atoms with E-state index in [-0.39, 0.29) is 11.3 Å². The van der Waals surface area contributed by atoms with Crippen LogP contribution in [0, 0.1) is 20.8 Å². The molecule has 0 radical (unpaired) electrons. The Bertz CT molecular complexity index is 734. The lowest BCUT2D eigenvalue weighted by atomic mass is 9.87. The van der Waals surface area contributed by atoms with E-state index >= 15 is 0 Å². The zero-order valence-electron chi connectivity index (χ0n) is 14.7. The summed E-state index contributed by atoms with van der Waals surface area (Å²) in [7, 11) is 0. The van der Waals surface area contributed by atoms with E-state index in [1.165, 1.54) is 11.1 Å². The van der Waals surface area contributed by atoms with Crippen molar-refractivity contribution >= 4 is 27.5 Å². The summed E-state index contributed by atoms with van der Waals surface area (Å²) in [5.74, 6) is -0.0655. The zero-order valence-corrected chi connectivity index (χ0v) is 16.3. The standard InChI is InChI=1S/C20H24BrNO/c1-12-9-13(2)18(14(3)10-12)19(23)22-17-8-7-15(11-16(17)21)20(4,5)6/h7-11H,1-6H3,(H,22,23). The Kier molecular flexibility index (Phi) is 5.00. The molecule has 0 unspecified atom stereocenters. The molecule has 0 aliphatic rings. The van der Waals surface area contributed by atoms with Gasteiger partial charge in [0, 0.05) is 10.0 Å². The van der Waals surface area contributed by atoms with Crippen molar-refractivity contribution in [1.29, 1.82) is 0 Å². The molecule has 122 valence electrons. The number of nitrogens with one attached hydrogen (secondary N) is 1. The van der Waals surface area contributed by atoms with Crippen molar-refractivity contribution in [3.8, 4) is 0 Å². The molecule has 0 spiro atoms. The fraction of sp³-hybridized carbons (Fsp3) is 0.350. The summed E-state index contributed by atoms with van der Waals surface area (Å²) in [5, 5.41) is 3.02. The van der Waals surface area contributed by atoms with Gasteiger partial charge >= 0.3 is 0 Å². The highest BCUT2D eigenvalue weighted by Crippen LogP contribution is 2.30. The molecule has 0 atom stereocenters. The normalized spacial score (nSPS) is 11.4. The molecule has 0 heterocycles. The zero-order chi connectivity index (χ0) is 17.4. The second-order valence-corrected chi connectivity index (χ2v) is 8.03. The predicted octanol–water partition coefficient (Wildman–Crippen LogP) is 5.92. The first-order valence-corrected chi connectivity index (χ1v) is 8.58. The highest BCUT2D eigenvalue weighted by Gasteiger charge is 2.17. The van der Waals surface area contributed by atoms with Crippen LogP contribution in [-0.4, -0.2) is 5.91 Å². The minimum atomic E-state index is -0.0655. The van der Waals surface area contributed by atoms with Gasteiger partial charge in [-0.2, -0.15) is 0 Å². The first-order valence-electron chi connectivity index (χ1n) is 7.79. The summed E-state index contributed by atoms with van der Waals surface area (Å²) in [4.78, 5) is 12.7. The molecule has 0 aromatic heterocycles. The minimum absolute atomic E-state index is 0.0655. The van der Waals surface area contributed by atoms with Gasteiger partial charge in [0.2, 0.25) is 0 Å². The van der Waals surface area contributed by atoms with E-state index in [2.05, 4.69) is 54.2 Å². The maximum atomic E-state index is 12.7. The lowest BCUT2D eigenvalue weighted by Crippen LogP contribution is -2.16. The van der Waals surface area contributed by atoms with Crippen LogP contribution in [0.2, 0.25) is 0 Å². The number of carbonyl (C=O) groups is 1. The number of amides is 1. The summed E-state index contributed by atoms with van der Waals surface area (Å²) < 4.78 is 0.903. The van der Waals surface area contributed by atoms with Crippen molar-refractivity contribution in [1.82, 2.24) is 0 Å². The molecule has 23 heavy (non-hydrogen) atoms. The highest BCUT2D eigenvalue weighted by molar-refractivity contribution is 9.10. The number of halogens is 1. The van der Waals surface area contributed by atoms with Crippen molar-refractivity contribution < 1.29 is 4.79 Å². The van der Waals surface area contributed by atoms with E-state index in [1.54, 1.807) is 0 Å². The number of benzene rings is 2. The average molecular weight is 374 g/mol. The topological polar surface area (TPSA) is 29.1 Å². The van der Waals surface area contributed by atoms with Crippen molar-refractivity contribution in [3.05, 3.63) is 62.6 Å². The second-order valence-electron chi connectivity index (χ2n) is 7.17. The van der Waals surface area contributed by atoms with Crippen LogP contribution in [0.25, 0.3) is 0 Å². The van der Waals surface area contributed by atoms with Crippen molar-refractivity contribution in [2.24, 2.45) is 0 Å². The van der Waals surface area contributed by atoms with E-state index in [9.17, 15) is 4.79 Å². The largest absolute Gasteiger partial charge is 0.321 e. The fourth-order valence-corrected chi connectivity index (χ4v) is 3.28. The minimum Gasteiger partial charge on any atom is -0.321 e. The second kappa shape index (κ2) is 6.48. The summed E-state index contributed by atoms with van der Waals surface area (Å²) in [6, 6.07) is 10.2. The monoisotopic (exact) mass is 373 g/mol. The van der Waals surface area contributed by atoms with Gasteiger partial charge in [-0.15, -0.1) is 0 Å². The molecular formula is C20H24BrNO. The van der Waals surface area contributed by atoms with Crippen LogP contribution < -0.4 is 5.32 Å². The molecule has 1 N–H and O–H groups in total. The van der Waals surface area contributed by atoms with Gasteiger partial charge in [0.05, 0.1) is 5.69 Å². The molecule has 0 saturated carbocycles. The van der Waals surface area contributed by atoms with Crippen molar-refractivity contribution in [2.75, 3.05) is 5.32 Å². The number of aryl methyl sites for hydroxylation is 3. The Morgan fingerprint density at radius 2 is 1.57 bits per heavy atom. The van der Waals surface area contributed by atoms with Crippen molar-refractivity contribution in [2.45, 2.75) is 47.0 Å². The lowest BCUT2D eigenvalue weighted by Gasteiger charge is -2.20. The average Bonchev–Trinajstić information content (AvgIpc) is 2.38. The number of anilines is 1. The Balaban J connectivity index is 2.32. The van der Waals surface area contributed by atoms with Crippen LogP contribution in [0.4, 0.5) is 5.69 Å². The molecule has 1 amide bonds. The molecule has 2 aromatic carbocycles. The molecule has 2 aromatic rings. The Labute approximate surface area is 147 Å². The summed E-state index contributed by atoms with van der Waals surface area (Å²) in [6.07, 6.45) is 0. The molecule has 0 bridgehead atoms. The Hall–Kier alpha value is -1.61. The van der Waals surface area contributed by atoms with Crippen LogP contribution >= 0.6 is 15.9 Å². The first kappa shape index (κ1) is 17.7. The van der Waals surface area contributed by atoms with Gasteiger partial charge in [0.15, 0.2) is 0 Å². The molecule has 3 heteroatoms. The number of hydrogen-bond donors (Lipinski definition) is 1. The molecule has 0 fully saturated rings. The summed E-state index contributed by atoms with van der Waals surface area (Å²) in [5.41, 5.74) is 6.03. The summed E-state index contributed by atoms with van der Waals surface area (Å²) in [6.45, 7) is 12.5. The van der Waals surface area contributed by atoms with E-state index in [0.717, 1.165) is 26.9 Å². The van der Waals surface area contributed by atoms with Gasteiger partial charge in [-0.1, -0.05) is 44.5 Å². The maximum Gasteiger partial charge on any atom is 0.256 e. The Morgan fingerprint density at radius 1 is 1.00 bits per heavy atom. The quantitative estimate of drug-likeness (QED) is 0.694. The SMILES string of the molecule is Cc1cc(C)c(C(=O)Nc2ccc(C(C)(C)C)cc2Br)c(C)c1. The molecule has 0 aliphatic carbocycles. The molecule has 2 nitrogen and oxygen atoms in total. The molecule has 0 saturated heterocycles. The number of carbonyl (C=O) groups excluding carboxylic acids is 1. The lowest BCUT2D eigenvalue weighted by molar-refractivity contribution is 0.102. The predicted molar refractivity (Wildman–Crippen MR) is 101 cm³/mol. The maximum absolute atomic E-state index is 12.7. The molecule has 0 aliphatic heterocycles. The van der Waals surface area contributed by atoms with Crippen LogP contribution in [0.5, 0.6) is 0 Å². The smallest absolute Gasteiger partial charge is 0.256 e. The van der Waals surface area contributed by atoms with Gasteiger partial charge in [0.25, 0.3) is 5.91 Å². The third kappa shape index (κ3) is 4.03. The van der Waals surface area contributed by atoms with Crippen LogP contribution in [-0.2, 0) is 5.41 Å². The molecular weight excluding hydrogens is 350 g/mol. The van der Waals surface area contributed by atoms with E-state index in [0.29, 0.717) is 0 Å². The third-order valence-electron chi connectivity index (χ3n) is 3.99. The summed E-state index contributed by atoms with van der Waals surface area (Å²) >= 11 is 3.57. The van der Waals surface area contributed by atoms with E-state index < -0.39 is 0 Å².